The highest BCUT2D eigenvalue weighted by Crippen LogP contribution is 2.34. The van der Waals surface area contributed by atoms with Gasteiger partial charge in [0.25, 0.3) is 0 Å². The maximum Gasteiger partial charge on any atom is 0.191 e. The van der Waals surface area contributed by atoms with Gasteiger partial charge in [0.05, 0.1) is 44.5 Å². The first-order chi connectivity index (χ1) is 15.6. The number of fused-ring (bicyclic) bond motifs is 1. The minimum atomic E-state index is 0.414. The van der Waals surface area contributed by atoms with Crippen LogP contribution in [0.1, 0.15) is 24.7 Å². The Bertz CT molecular complexity index is 1040. The summed E-state index contributed by atoms with van der Waals surface area (Å²) in [5, 5.41) is 6.72. The number of nitrogens with one attached hydrogen (secondary N) is 2. The Hall–Kier alpha value is -3.42. The van der Waals surface area contributed by atoms with E-state index in [0.29, 0.717) is 23.8 Å². The lowest BCUT2D eigenvalue weighted by atomic mass is 10.1. The van der Waals surface area contributed by atoms with E-state index < -0.39 is 0 Å². The van der Waals surface area contributed by atoms with Crippen molar-refractivity contribution in [3.05, 3.63) is 47.8 Å². The molecule has 32 heavy (non-hydrogen) atoms. The lowest BCUT2D eigenvalue weighted by Gasteiger charge is -2.15. The van der Waals surface area contributed by atoms with Gasteiger partial charge in [-0.2, -0.15) is 0 Å². The first-order valence-corrected chi connectivity index (χ1v) is 10.8. The van der Waals surface area contributed by atoms with Crippen LogP contribution in [-0.2, 0) is 13.1 Å². The summed E-state index contributed by atoms with van der Waals surface area (Å²) in [5.74, 6) is 3.83. The van der Waals surface area contributed by atoms with E-state index in [1.807, 2.05) is 25.1 Å². The molecule has 0 amide bonds. The number of nitrogens with zero attached hydrogens (tertiary/aromatic N) is 3. The second-order valence-corrected chi connectivity index (χ2v) is 7.29. The van der Waals surface area contributed by atoms with Crippen LogP contribution in [0.4, 0.5) is 0 Å². The van der Waals surface area contributed by atoms with E-state index in [9.17, 15) is 0 Å². The molecule has 172 valence electrons. The molecule has 2 aromatic carbocycles. The predicted octanol–water partition coefficient (Wildman–Crippen LogP) is 3.52. The van der Waals surface area contributed by atoms with E-state index in [4.69, 9.17) is 19.2 Å². The van der Waals surface area contributed by atoms with Gasteiger partial charge in [-0.1, -0.05) is 12.1 Å². The lowest BCUT2D eigenvalue weighted by Crippen LogP contribution is -2.38. The van der Waals surface area contributed by atoms with Gasteiger partial charge in [0.15, 0.2) is 5.96 Å². The second-order valence-electron chi connectivity index (χ2n) is 7.29. The smallest absolute Gasteiger partial charge is 0.191 e. The van der Waals surface area contributed by atoms with E-state index in [1.54, 1.807) is 21.3 Å². The summed E-state index contributed by atoms with van der Waals surface area (Å²) in [6, 6.07) is 11.9. The highest BCUT2D eigenvalue weighted by Gasteiger charge is 2.13. The molecule has 8 nitrogen and oxygen atoms in total. The molecule has 0 aliphatic heterocycles. The first-order valence-electron chi connectivity index (χ1n) is 10.8. The summed E-state index contributed by atoms with van der Waals surface area (Å²) < 4.78 is 18.6. The van der Waals surface area contributed by atoms with Crippen molar-refractivity contribution in [3.8, 4) is 17.2 Å². The third-order valence-corrected chi connectivity index (χ3v) is 5.25. The minimum absolute atomic E-state index is 0.414. The SMILES string of the molecule is CCNC(=NCc1c(OC)cc(OC)cc1OC)NCCCn1c(C)nc2ccccc21. The van der Waals surface area contributed by atoms with E-state index in [-0.39, 0.29) is 0 Å². The summed E-state index contributed by atoms with van der Waals surface area (Å²) in [4.78, 5) is 9.37. The Morgan fingerprint density at radius 3 is 2.41 bits per heavy atom. The first kappa shape index (κ1) is 23.2. The molecule has 0 unspecified atom stereocenters. The van der Waals surface area contributed by atoms with Gasteiger partial charge in [-0.25, -0.2) is 9.98 Å². The molecule has 0 saturated carbocycles. The highest BCUT2D eigenvalue weighted by atomic mass is 16.5. The van der Waals surface area contributed by atoms with Crippen molar-refractivity contribution in [2.24, 2.45) is 4.99 Å². The molecular formula is C24H33N5O3. The zero-order valence-corrected chi connectivity index (χ0v) is 19.6. The number of para-hydroxylation sites is 2. The predicted molar refractivity (Wildman–Crippen MR) is 128 cm³/mol. The number of aliphatic imine (C=N–C) groups is 1. The summed E-state index contributed by atoms with van der Waals surface area (Å²) in [6.07, 6.45) is 0.945. The molecule has 1 heterocycles. The fourth-order valence-electron chi connectivity index (χ4n) is 3.66. The van der Waals surface area contributed by atoms with Crippen LogP contribution < -0.4 is 24.8 Å². The number of methoxy groups -OCH3 is 3. The van der Waals surface area contributed by atoms with Crippen LogP contribution in [0.5, 0.6) is 17.2 Å². The topological polar surface area (TPSA) is 81.9 Å². The maximum atomic E-state index is 5.53. The molecule has 0 spiro atoms. The lowest BCUT2D eigenvalue weighted by molar-refractivity contribution is 0.369. The van der Waals surface area contributed by atoms with E-state index in [1.165, 1.54) is 5.52 Å². The molecule has 0 atom stereocenters. The Kier molecular flexibility index (Phi) is 8.19. The fraction of sp³-hybridized carbons (Fsp3) is 0.417. The average Bonchev–Trinajstić information content (AvgIpc) is 3.14. The van der Waals surface area contributed by atoms with Crippen molar-refractivity contribution in [1.82, 2.24) is 20.2 Å². The number of rotatable bonds is 10. The number of aryl methyl sites for hydroxylation is 2. The van der Waals surface area contributed by atoms with E-state index in [2.05, 4.69) is 45.3 Å². The number of ether oxygens (including phenoxy) is 3. The van der Waals surface area contributed by atoms with Crippen LogP contribution in [0, 0.1) is 6.92 Å². The molecule has 3 rings (SSSR count). The van der Waals surface area contributed by atoms with Gasteiger partial charge in [0, 0.05) is 31.8 Å². The Morgan fingerprint density at radius 2 is 1.75 bits per heavy atom. The molecule has 0 saturated heterocycles. The van der Waals surface area contributed by atoms with Gasteiger partial charge in [0.1, 0.15) is 23.1 Å². The molecule has 3 aromatic rings. The van der Waals surface area contributed by atoms with Crippen LogP contribution in [0.25, 0.3) is 11.0 Å². The van der Waals surface area contributed by atoms with Crippen molar-refractivity contribution in [1.29, 1.82) is 0 Å². The third-order valence-electron chi connectivity index (χ3n) is 5.25. The molecule has 0 aliphatic rings. The molecule has 0 aliphatic carbocycles. The van der Waals surface area contributed by atoms with E-state index in [0.717, 1.165) is 48.9 Å². The number of imidazole rings is 1. The highest BCUT2D eigenvalue weighted by molar-refractivity contribution is 5.80. The van der Waals surface area contributed by atoms with Crippen molar-refractivity contribution >= 4 is 17.0 Å². The summed E-state index contributed by atoms with van der Waals surface area (Å²) >= 11 is 0. The zero-order chi connectivity index (χ0) is 22.9. The Balaban J connectivity index is 1.65. The van der Waals surface area contributed by atoms with Crippen LogP contribution in [0.3, 0.4) is 0 Å². The number of aromatic nitrogens is 2. The van der Waals surface area contributed by atoms with Gasteiger partial charge in [-0.05, 0) is 32.4 Å². The molecular weight excluding hydrogens is 406 g/mol. The van der Waals surface area contributed by atoms with Crippen molar-refractivity contribution in [2.45, 2.75) is 33.4 Å². The van der Waals surface area contributed by atoms with Gasteiger partial charge >= 0.3 is 0 Å². The van der Waals surface area contributed by atoms with Gasteiger partial charge < -0.3 is 29.4 Å². The molecule has 1 aromatic heterocycles. The largest absolute Gasteiger partial charge is 0.496 e. The number of guanidine groups is 1. The van der Waals surface area contributed by atoms with Crippen molar-refractivity contribution in [3.63, 3.8) is 0 Å². The third kappa shape index (κ3) is 5.43. The van der Waals surface area contributed by atoms with Crippen LogP contribution >= 0.6 is 0 Å². The fourth-order valence-corrected chi connectivity index (χ4v) is 3.66. The molecule has 8 heteroatoms. The second kappa shape index (κ2) is 11.3. The molecule has 0 fully saturated rings. The minimum Gasteiger partial charge on any atom is -0.496 e. The quantitative estimate of drug-likeness (QED) is 0.286. The van der Waals surface area contributed by atoms with Gasteiger partial charge in [-0.3, -0.25) is 0 Å². The van der Waals surface area contributed by atoms with Crippen LogP contribution in [0.15, 0.2) is 41.4 Å². The molecule has 0 bridgehead atoms. The molecule has 2 N–H and O–H groups in total. The Morgan fingerprint density at radius 1 is 1.03 bits per heavy atom. The summed E-state index contributed by atoms with van der Waals surface area (Å²) in [5.41, 5.74) is 3.08. The summed E-state index contributed by atoms with van der Waals surface area (Å²) in [6.45, 7) is 6.96. The standard InChI is InChI=1S/C24H33N5O3/c1-6-25-24(27-16-19-22(31-4)14-18(30-3)15-23(19)32-5)26-12-9-13-29-17(2)28-20-10-7-8-11-21(20)29/h7-8,10-11,14-15H,6,9,12-13,16H2,1-5H3,(H2,25,26,27). The van der Waals surface area contributed by atoms with Crippen molar-refractivity contribution < 1.29 is 14.2 Å². The number of hydrogen-bond acceptors (Lipinski definition) is 5. The monoisotopic (exact) mass is 439 g/mol. The normalized spacial score (nSPS) is 11.5. The van der Waals surface area contributed by atoms with Crippen LogP contribution in [0.2, 0.25) is 0 Å². The maximum absolute atomic E-state index is 5.53. The average molecular weight is 440 g/mol. The van der Waals surface area contributed by atoms with Gasteiger partial charge in [-0.15, -0.1) is 0 Å². The Labute approximate surface area is 189 Å². The van der Waals surface area contributed by atoms with Gasteiger partial charge in [0.2, 0.25) is 0 Å². The van der Waals surface area contributed by atoms with E-state index >= 15 is 0 Å². The number of benzene rings is 2. The van der Waals surface area contributed by atoms with Crippen molar-refractivity contribution in [2.75, 3.05) is 34.4 Å². The van der Waals surface area contributed by atoms with Crippen LogP contribution in [-0.4, -0.2) is 49.9 Å². The zero-order valence-electron chi connectivity index (χ0n) is 19.6. The number of hydrogen-bond donors (Lipinski definition) is 2. The molecule has 0 radical (unpaired) electrons. The summed E-state index contributed by atoms with van der Waals surface area (Å²) in [7, 11) is 4.88.